The van der Waals surface area contributed by atoms with Gasteiger partial charge in [0.2, 0.25) is 0 Å². The topological polar surface area (TPSA) is 67.5 Å². The predicted octanol–water partition coefficient (Wildman–Crippen LogP) is 2.06. The molecule has 0 aromatic carbocycles. The maximum absolute atomic E-state index is 12.7. The first-order valence-electron chi connectivity index (χ1n) is 6.64. The largest absolute Gasteiger partial charge is 0.468 e. The average Bonchev–Trinajstić information content (AvgIpc) is 2.65. The molecule has 1 aromatic rings. The molecular formula is C15H18O4. The molecule has 1 N–H and O–H groups in total. The van der Waals surface area contributed by atoms with Gasteiger partial charge in [0.05, 0.1) is 23.3 Å². The Morgan fingerprint density at radius 2 is 2.05 bits per heavy atom. The lowest BCUT2D eigenvalue weighted by Crippen LogP contribution is -2.59. The molecule has 3 rings (SSSR count). The molecule has 2 aliphatic carbocycles. The molecule has 19 heavy (non-hydrogen) atoms. The van der Waals surface area contributed by atoms with Gasteiger partial charge in [0.1, 0.15) is 11.5 Å². The van der Waals surface area contributed by atoms with Crippen molar-refractivity contribution >= 4 is 11.6 Å². The van der Waals surface area contributed by atoms with Gasteiger partial charge in [-0.1, -0.05) is 6.92 Å². The van der Waals surface area contributed by atoms with Crippen LogP contribution in [0.5, 0.6) is 0 Å². The molecule has 0 unspecified atom stereocenters. The van der Waals surface area contributed by atoms with Crippen LogP contribution in [0.15, 0.2) is 10.7 Å². The van der Waals surface area contributed by atoms with Gasteiger partial charge in [-0.3, -0.25) is 9.59 Å². The summed E-state index contributed by atoms with van der Waals surface area (Å²) in [6.07, 6.45) is 2.64. The van der Waals surface area contributed by atoms with Gasteiger partial charge < -0.3 is 9.52 Å². The summed E-state index contributed by atoms with van der Waals surface area (Å²) in [5, 5.41) is 10.6. The Kier molecular flexibility index (Phi) is 2.37. The van der Waals surface area contributed by atoms with E-state index in [9.17, 15) is 14.7 Å². The van der Waals surface area contributed by atoms with Crippen LogP contribution in [0.3, 0.4) is 0 Å². The van der Waals surface area contributed by atoms with Crippen LogP contribution in [0.2, 0.25) is 0 Å². The summed E-state index contributed by atoms with van der Waals surface area (Å²) in [6.45, 7) is 5.27. The van der Waals surface area contributed by atoms with Crippen molar-refractivity contribution in [2.75, 3.05) is 0 Å². The van der Waals surface area contributed by atoms with Crippen LogP contribution in [0.4, 0.5) is 0 Å². The van der Waals surface area contributed by atoms with Crippen molar-refractivity contribution in [3.05, 3.63) is 23.2 Å². The maximum atomic E-state index is 12.7. The Balaban J connectivity index is 2.21. The number of ketones is 2. The van der Waals surface area contributed by atoms with Crippen molar-refractivity contribution < 1.29 is 19.1 Å². The zero-order valence-corrected chi connectivity index (χ0v) is 11.4. The van der Waals surface area contributed by atoms with Gasteiger partial charge in [0.15, 0.2) is 5.78 Å². The van der Waals surface area contributed by atoms with Crippen LogP contribution in [-0.2, 0) is 11.2 Å². The molecule has 4 heteroatoms. The lowest BCUT2D eigenvalue weighted by atomic mass is 9.54. The Morgan fingerprint density at radius 3 is 2.74 bits per heavy atom. The molecule has 1 saturated carbocycles. The zero-order chi connectivity index (χ0) is 14.0. The minimum Gasteiger partial charge on any atom is -0.468 e. The SMILES string of the molecule is Cc1coc2c1C(=O)[C@@H]1[C@@](C)(C2)C(=O)CC[C@@]1(C)O. The first-order chi connectivity index (χ1) is 8.77. The van der Waals surface area contributed by atoms with E-state index in [2.05, 4.69) is 0 Å². The van der Waals surface area contributed by atoms with Crippen LogP contribution in [0.25, 0.3) is 0 Å². The summed E-state index contributed by atoms with van der Waals surface area (Å²) < 4.78 is 5.43. The van der Waals surface area contributed by atoms with Crippen molar-refractivity contribution in [1.82, 2.24) is 0 Å². The fraction of sp³-hybridized carbons (Fsp3) is 0.600. The molecular weight excluding hydrogens is 244 g/mol. The number of Topliss-reactive ketones (excluding diaryl/α,β-unsaturated/α-hetero) is 2. The molecule has 0 spiro atoms. The number of carbonyl (C=O) groups excluding carboxylic acids is 2. The fourth-order valence-corrected chi connectivity index (χ4v) is 3.85. The van der Waals surface area contributed by atoms with E-state index in [1.165, 1.54) is 0 Å². The number of rotatable bonds is 0. The van der Waals surface area contributed by atoms with Gasteiger partial charge in [-0.25, -0.2) is 0 Å². The molecule has 1 fully saturated rings. The third-order valence-corrected chi connectivity index (χ3v) is 4.84. The summed E-state index contributed by atoms with van der Waals surface area (Å²) in [5.41, 5.74) is -0.606. The second kappa shape index (κ2) is 3.57. The van der Waals surface area contributed by atoms with Crippen molar-refractivity contribution in [3.63, 3.8) is 0 Å². The maximum Gasteiger partial charge on any atom is 0.173 e. The molecule has 0 amide bonds. The molecule has 1 aromatic heterocycles. The second-order valence-corrected chi connectivity index (χ2v) is 6.39. The van der Waals surface area contributed by atoms with E-state index in [0.29, 0.717) is 30.6 Å². The lowest BCUT2D eigenvalue weighted by molar-refractivity contribution is -0.147. The van der Waals surface area contributed by atoms with Crippen molar-refractivity contribution in [3.8, 4) is 0 Å². The smallest absolute Gasteiger partial charge is 0.173 e. The Labute approximate surface area is 111 Å². The van der Waals surface area contributed by atoms with Gasteiger partial charge in [-0.15, -0.1) is 0 Å². The molecule has 0 bridgehead atoms. The zero-order valence-electron chi connectivity index (χ0n) is 11.4. The molecule has 102 valence electrons. The van der Waals surface area contributed by atoms with E-state index < -0.39 is 16.9 Å². The van der Waals surface area contributed by atoms with E-state index >= 15 is 0 Å². The van der Waals surface area contributed by atoms with Crippen LogP contribution in [0, 0.1) is 18.3 Å². The highest BCUT2D eigenvalue weighted by Gasteiger charge is 2.59. The number of furan rings is 1. The quantitative estimate of drug-likeness (QED) is 0.777. The Hall–Kier alpha value is -1.42. The minimum absolute atomic E-state index is 0.0529. The third-order valence-electron chi connectivity index (χ3n) is 4.84. The monoisotopic (exact) mass is 262 g/mol. The molecule has 0 saturated heterocycles. The number of aliphatic hydroxyl groups is 1. The molecule has 0 radical (unpaired) electrons. The summed E-state index contributed by atoms with van der Waals surface area (Å²) >= 11 is 0. The summed E-state index contributed by atoms with van der Waals surface area (Å²) in [6, 6.07) is 0. The molecule has 3 atom stereocenters. The summed E-state index contributed by atoms with van der Waals surface area (Å²) in [4.78, 5) is 25.0. The van der Waals surface area contributed by atoms with E-state index in [4.69, 9.17) is 4.42 Å². The number of hydrogen-bond acceptors (Lipinski definition) is 4. The first kappa shape index (κ1) is 12.6. The fourth-order valence-electron chi connectivity index (χ4n) is 3.85. The number of fused-ring (bicyclic) bond motifs is 2. The van der Waals surface area contributed by atoms with Crippen molar-refractivity contribution in [2.45, 2.75) is 45.6 Å². The highest BCUT2D eigenvalue weighted by atomic mass is 16.3. The number of aryl methyl sites for hydroxylation is 1. The number of hydrogen-bond donors (Lipinski definition) is 1. The molecule has 0 aliphatic heterocycles. The number of carbonyl (C=O) groups is 2. The Bertz CT molecular complexity index is 581. The summed E-state index contributed by atoms with van der Waals surface area (Å²) in [5.74, 6) is -0.164. The van der Waals surface area contributed by atoms with E-state index in [0.717, 1.165) is 5.56 Å². The van der Waals surface area contributed by atoms with Crippen LogP contribution >= 0.6 is 0 Å². The molecule has 1 heterocycles. The van der Waals surface area contributed by atoms with Gasteiger partial charge in [-0.05, 0) is 25.8 Å². The highest BCUT2D eigenvalue weighted by molar-refractivity contribution is 6.06. The highest BCUT2D eigenvalue weighted by Crippen LogP contribution is 2.51. The average molecular weight is 262 g/mol. The van der Waals surface area contributed by atoms with Gasteiger partial charge >= 0.3 is 0 Å². The van der Waals surface area contributed by atoms with Gasteiger partial charge in [0, 0.05) is 18.3 Å². The third kappa shape index (κ3) is 1.49. The van der Waals surface area contributed by atoms with Crippen molar-refractivity contribution in [2.24, 2.45) is 11.3 Å². The molecule has 2 aliphatic rings. The van der Waals surface area contributed by atoms with Crippen LogP contribution in [-0.4, -0.2) is 22.3 Å². The normalized spacial score (nSPS) is 38.0. The van der Waals surface area contributed by atoms with Gasteiger partial charge in [0.25, 0.3) is 0 Å². The predicted molar refractivity (Wildman–Crippen MR) is 67.9 cm³/mol. The molecule has 4 nitrogen and oxygen atoms in total. The van der Waals surface area contributed by atoms with E-state index in [1.54, 1.807) is 20.1 Å². The minimum atomic E-state index is -1.12. The second-order valence-electron chi connectivity index (χ2n) is 6.39. The van der Waals surface area contributed by atoms with Crippen LogP contribution in [0.1, 0.15) is 48.4 Å². The van der Waals surface area contributed by atoms with E-state index in [-0.39, 0.29) is 11.6 Å². The summed E-state index contributed by atoms with van der Waals surface area (Å²) in [7, 11) is 0. The van der Waals surface area contributed by atoms with E-state index in [1.807, 2.05) is 6.92 Å². The lowest BCUT2D eigenvalue weighted by Gasteiger charge is -2.49. The van der Waals surface area contributed by atoms with Gasteiger partial charge in [-0.2, -0.15) is 0 Å². The standard InChI is InChI=1S/C15H18O4/c1-8-7-19-9-6-14(2)10(16)4-5-15(3,18)13(14)12(17)11(8)9/h7,13,18H,4-6H2,1-3H3/t13-,14+,15-/m1/s1. The van der Waals surface area contributed by atoms with Crippen LogP contribution < -0.4 is 0 Å². The van der Waals surface area contributed by atoms with Crippen molar-refractivity contribution in [1.29, 1.82) is 0 Å². The Morgan fingerprint density at radius 1 is 1.37 bits per heavy atom. The first-order valence-corrected chi connectivity index (χ1v) is 6.64.